The molecule has 2 unspecified atom stereocenters. The van der Waals surface area contributed by atoms with Gasteiger partial charge in [-0.25, -0.2) is 0 Å². The summed E-state index contributed by atoms with van der Waals surface area (Å²) >= 11 is 6.29. The van der Waals surface area contributed by atoms with Crippen molar-refractivity contribution in [2.75, 3.05) is 0 Å². The van der Waals surface area contributed by atoms with Crippen molar-refractivity contribution in [3.8, 4) is 0 Å². The quantitative estimate of drug-likeness (QED) is 0.607. The number of allylic oxidation sites excluding steroid dienone is 2. The van der Waals surface area contributed by atoms with E-state index in [2.05, 4.69) is 33.8 Å². The highest BCUT2D eigenvalue weighted by Crippen LogP contribution is 2.51. The third-order valence-corrected chi connectivity index (χ3v) is 3.83. The Morgan fingerprint density at radius 3 is 2.42 bits per heavy atom. The summed E-state index contributed by atoms with van der Waals surface area (Å²) in [6, 6.07) is 0. The molecule has 0 saturated heterocycles. The Balaban J connectivity index is 2.90. The zero-order chi connectivity index (χ0) is 9.35. The van der Waals surface area contributed by atoms with Crippen LogP contribution in [0, 0.1) is 17.3 Å². The van der Waals surface area contributed by atoms with Crippen molar-refractivity contribution < 1.29 is 0 Å². The SMILES string of the molecule is CCC1(C(C)C)CC(C)C=C1Cl. The van der Waals surface area contributed by atoms with Gasteiger partial charge in [0.05, 0.1) is 0 Å². The minimum atomic E-state index is 0.293. The molecule has 12 heavy (non-hydrogen) atoms. The topological polar surface area (TPSA) is 0 Å². The first-order valence-corrected chi connectivity index (χ1v) is 5.28. The minimum Gasteiger partial charge on any atom is -0.0889 e. The van der Waals surface area contributed by atoms with Crippen molar-refractivity contribution in [3.63, 3.8) is 0 Å². The smallest absolute Gasteiger partial charge is 0.0208 e. The monoisotopic (exact) mass is 186 g/mol. The van der Waals surface area contributed by atoms with Gasteiger partial charge in [-0.2, -0.15) is 0 Å². The van der Waals surface area contributed by atoms with E-state index in [-0.39, 0.29) is 0 Å². The molecule has 0 bridgehead atoms. The van der Waals surface area contributed by atoms with Crippen LogP contribution >= 0.6 is 11.6 Å². The summed E-state index contributed by atoms with van der Waals surface area (Å²) in [5.74, 6) is 1.33. The molecule has 0 saturated carbocycles. The molecular formula is C11H19Cl. The van der Waals surface area contributed by atoms with Gasteiger partial charge in [0, 0.05) is 10.4 Å². The molecule has 0 heterocycles. The van der Waals surface area contributed by atoms with Crippen LogP contribution in [0.1, 0.15) is 40.5 Å². The average molecular weight is 187 g/mol. The lowest BCUT2D eigenvalue weighted by atomic mass is 9.73. The molecule has 2 atom stereocenters. The van der Waals surface area contributed by atoms with Crippen LogP contribution in [0.3, 0.4) is 0 Å². The summed E-state index contributed by atoms with van der Waals surface area (Å²) in [5.41, 5.74) is 0.293. The summed E-state index contributed by atoms with van der Waals surface area (Å²) in [7, 11) is 0. The van der Waals surface area contributed by atoms with Gasteiger partial charge in [-0.05, 0) is 24.7 Å². The molecule has 70 valence electrons. The van der Waals surface area contributed by atoms with Gasteiger partial charge in [0.1, 0.15) is 0 Å². The second kappa shape index (κ2) is 3.41. The van der Waals surface area contributed by atoms with Gasteiger partial charge < -0.3 is 0 Å². The first-order chi connectivity index (χ1) is 5.53. The second-order valence-electron chi connectivity index (χ2n) is 4.36. The Morgan fingerprint density at radius 2 is 2.25 bits per heavy atom. The van der Waals surface area contributed by atoms with Gasteiger partial charge in [-0.15, -0.1) is 0 Å². The molecule has 0 spiro atoms. The first kappa shape index (κ1) is 10.1. The lowest BCUT2D eigenvalue weighted by Crippen LogP contribution is -2.24. The molecule has 0 aromatic heterocycles. The van der Waals surface area contributed by atoms with Gasteiger partial charge in [-0.1, -0.05) is 45.4 Å². The average Bonchev–Trinajstić information content (AvgIpc) is 2.26. The van der Waals surface area contributed by atoms with Gasteiger partial charge in [0.2, 0.25) is 0 Å². The van der Waals surface area contributed by atoms with E-state index in [1.807, 2.05) is 0 Å². The van der Waals surface area contributed by atoms with Gasteiger partial charge in [-0.3, -0.25) is 0 Å². The number of halogens is 1. The molecule has 0 aromatic carbocycles. The highest BCUT2D eigenvalue weighted by atomic mass is 35.5. The molecule has 1 aliphatic rings. The molecule has 1 heteroatoms. The minimum absolute atomic E-state index is 0.293. The van der Waals surface area contributed by atoms with Gasteiger partial charge in [0.25, 0.3) is 0 Å². The zero-order valence-electron chi connectivity index (χ0n) is 8.52. The maximum absolute atomic E-state index is 6.29. The molecule has 0 N–H and O–H groups in total. The Labute approximate surface area is 81.0 Å². The van der Waals surface area contributed by atoms with E-state index in [4.69, 9.17) is 11.6 Å². The molecular weight excluding hydrogens is 168 g/mol. The fourth-order valence-electron chi connectivity index (χ4n) is 2.38. The van der Waals surface area contributed by atoms with E-state index in [0.29, 0.717) is 17.3 Å². The van der Waals surface area contributed by atoms with Crippen molar-refractivity contribution in [1.82, 2.24) is 0 Å². The van der Waals surface area contributed by atoms with Crippen molar-refractivity contribution in [3.05, 3.63) is 11.1 Å². The predicted octanol–water partition coefficient (Wildman–Crippen LogP) is 4.20. The summed E-state index contributed by atoms with van der Waals surface area (Å²) < 4.78 is 0. The summed E-state index contributed by atoms with van der Waals surface area (Å²) in [6.07, 6.45) is 4.63. The van der Waals surface area contributed by atoms with Crippen LogP contribution in [0.25, 0.3) is 0 Å². The molecule has 0 amide bonds. The van der Waals surface area contributed by atoms with E-state index < -0.39 is 0 Å². The zero-order valence-corrected chi connectivity index (χ0v) is 9.28. The lowest BCUT2D eigenvalue weighted by Gasteiger charge is -2.33. The molecule has 0 radical (unpaired) electrons. The molecule has 0 aliphatic heterocycles. The fraction of sp³-hybridized carbons (Fsp3) is 0.818. The van der Waals surface area contributed by atoms with E-state index in [1.54, 1.807) is 0 Å². The summed E-state index contributed by atoms with van der Waals surface area (Å²) in [6.45, 7) is 9.05. The Morgan fingerprint density at radius 1 is 1.67 bits per heavy atom. The highest BCUT2D eigenvalue weighted by molar-refractivity contribution is 6.30. The van der Waals surface area contributed by atoms with Crippen molar-refractivity contribution in [2.45, 2.75) is 40.5 Å². The van der Waals surface area contributed by atoms with Gasteiger partial charge in [0.15, 0.2) is 0 Å². The van der Waals surface area contributed by atoms with E-state index in [1.165, 1.54) is 12.8 Å². The maximum Gasteiger partial charge on any atom is 0.0208 e. The van der Waals surface area contributed by atoms with Crippen LogP contribution in [0.5, 0.6) is 0 Å². The van der Waals surface area contributed by atoms with E-state index >= 15 is 0 Å². The van der Waals surface area contributed by atoms with Crippen molar-refractivity contribution >= 4 is 11.6 Å². The summed E-state index contributed by atoms with van der Waals surface area (Å²) in [5, 5.41) is 1.10. The largest absolute Gasteiger partial charge is 0.0889 e. The van der Waals surface area contributed by atoms with Gasteiger partial charge >= 0.3 is 0 Å². The third kappa shape index (κ3) is 1.42. The first-order valence-electron chi connectivity index (χ1n) is 4.90. The molecule has 0 fully saturated rings. The number of hydrogen-bond acceptors (Lipinski definition) is 0. The third-order valence-electron chi connectivity index (χ3n) is 3.33. The molecule has 1 aliphatic carbocycles. The Bertz CT molecular complexity index is 193. The van der Waals surface area contributed by atoms with Crippen LogP contribution in [-0.2, 0) is 0 Å². The normalized spacial score (nSPS) is 35.8. The van der Waals surface area contributed by atoms with Crippen LogP contribution in [0.15, 0.2) is 11.1 Å². The predicted molar refractivity (Wildman–Crippen MR) is 55.3 cm³/mol. The molecule has 1 rings (SSSR count). The van der Waals surface area contributed by atoms with Crippen LogP contribution < -0.4 is 0 Å². The Kier molecular flexibility index (Phi) is 2.88. The molecule has 0 nitrogen and oxygen atoms in total. The van der Waals surface area contributed by atoms with Crippen molar-refractivity contribution in [1.29, 1.82) is 0 Å². The maximum atomic E-state index is 6.29. The highest BCUT2D eigenvalue weighted by Gasteiger charge is 2.40. The standard InChI is InChI=1S/C11H19Cl/c1-5-11(8(2)3)7-9(4)6-10(11)12/h6,8-9H,5,7H2,1-4H3. The van der Waals surface area contributed by atoms with E-state index in [0.717, 1.165) is 5.03 Å². The van der Waals surface area contributed by atoms with Crippen LogP contribution in [-0.4, -0.2) is 0 Å². The van der Waals surface area contributed by atoms with E-state index in [9.17, 15) is 0 Å². The summed E-state index contributed by atoms with van der Waals surface area (Å²) in [4.78, 5) is 0. The molecule has 0 aromatic rings. The lowest BCUT2D eigenvalue weighted by molar-refractivity contribution is 0.227. The number of hydrogen-bond donors (Lipinski definition) is 0. The number of rotatable bonds is 2. The van der Waals surface area contributed by atoms with Crippen LogP contribution in [0.2, 0.25) is 0 Å². The Hall–Kier alpha value is 0.0300. The second-order valence-corrected chi connectivity index (χ2v) is 4.77. The fourth-order valence-corrected chi connectivity index (χ4v) is 3.02. The van der Waals surface area contributed by atoms with Crippen LogP contribution in [0.4, 0.5) is 0 Å². The van der Waals surface area contributed by atoms with Crippen molar-refractivity contribution in [2.24, 2.45) is 17.3 Å².